The molecule has 0 saturated carbocycles. The molecular weight excluding hydrogens is 318 g/mol. The summed E-state index contributed by atoms with van der Waals surface area (Å²) < 4.78 is 1.74. The van der Waals surface area contributed by atoms with Gasteiger partial charge in [-0.3, -0.25) is 9.48 Å². The van der Waals surface area contributed by atoms with Crippen molar-refractivity contribution in [2.75, 3.05) is 6.54 Å². The Morgan fingerprint density at radius 1 is 1.24 bits per heavy atom. The highest BCUT2D eigenvalue weighted by atomic mass is 16.4. The zero-order valence-corrected chi connectivity index (χ0v) is 15.2. The molecule has 1 heterocycles. The number of hydrogen-bond acceptors (Lipinski definition) is 3. The van der Waals surface area contributed by atoms with Crippen LogP contribution in [0.3, 0.4) is 0 Å². The lowest BCUT2D eigenvalue weighted by molar-refractivity contribution is -0.149. The molecule has 0 fully saturated rings. The van der Waals surface area contributed by atoms with Crippen LogP contribution in [0.5, 0.6) is 0 Å². The lowest BCUT2D eigenvalue weighted by Gasteiger charge is -2.28. The average molecular weight is 343 g/mol. The highest BCUT2D eigenvalue weighted by molar-refractivity contribution is 5.85. The number of nitrogens with zero attached hydrogens (tertiary/aromatic N) is 3. The van der Waals surface area contributed by atoms with E-state index in [-0.39, 0.29) is 12.3 Å². The van der Waals surface area contributed by atoms with Crippen LogP contribution in [0.4, 0.5) is 0 Å². The van der Waals surface area contributed by atoms with Crippen molar-refractivity contribution in [3.63, 3.8) is 0 Å². The van der Waals surface area contributed by atoms with Gasteiger partial charge in [0.25, 0.3) is 0 Å². The lowest BCUT2D eigenvalue weighted by atomic mass is 10.0. The van der Waals surface area contributed by atoms with Crippen molar-refractivity contribution < 1.29 is 14.7 Å². The van der Waals surface area contributed by atoms with Crippen molar-refractivity contribution in [1.82, 2.24) is 14.7 Å². The van der Waals surface area contributed by atoms with Crippen LogP contribution < -0.4 is 0 Å². The third-order valence-corrected chi connectivity index (χ3v) is 4.58. The smallest absolute Gasteiger partial charge is 0.326 e. The van der Waals surface area contributed by atoms with Crippen molar-refractivity contribution in [3.05, 3.63) is 52.8 Å². The van der Waals surface area contributed by atoms with E-state index in [9.17, 15) is 14.7 Å². The summed E-state index contributed by atoms with van der Waals surface area (Å²) in [6, 6.07) is 8.50. The highest BCUT2D eigenvalue weighted by Crippen LogP contribution is 2.16. The quantitative estimate of drug-likeness (QED) is 0.835. The van der Waals surface area contributed by atoms with Crippen molar-refractivity contribution in [3.8, 4) is 0 Å². The SMILES string of the molecule is CCN(C(=O)Cc1c(C)nn(C)c1C)C(Cc1ccccc1)C(=O)O. The maximum absolute atomic E-state index is 12.8. The standard InChI is InChI=1S/C19H25N3O3/c1-5-22(17(19(24)25)11-15-9-7-6-8-10-15)18(23)12-16-13(2)20-21(4)14(16)3/h6-10,17H,5,11-12H2,1-4H3,(H,24,25). The number of likely N-dealkylation sites (N-methyl/N-ethyl adjacent to an activating group) is 1. The Morgan fingerprint density at radius 3 is 2.36 bits per heavy atom. The fourth-order valence-corrected chi connectivity index (χ4v) is 3.06. The van der Waals surface area contributed by atoms with Crippen LogP contribution in [0.2, 0.25) is 0 Å². The van der Waals surface area contributed by atoms with Gasteiger partial charge in [0.1, 0.15) is 6.04 Å². The number of carbonyl (C=O) groups is 2. The van der Waals surface area contributed by atoms with E-state index in [2.05, 4.69) is 5.10 Å². The first-order chi connectivity index (χ1) is 11.8. The number of aryl methyl sites for hydroxylation is 2. The van der Waals surface area contributed by atoms with Crippen molar-refractivity contribution in [1.29, 1.82) is 0 Å². The molecule has 0 bridgehead atoms. The lowest BCUT2D eigenvalue weighted by Crippen LogP contribution is -2.47. The van der Waals surface area contributed by atoms with E-state index in [4.69, 9.17) is 0 Å². The number of carboxylic acids is 1. The minimum absolute atomic E-state index is 0.165. The third-order valence-electron chi connectivity index (χ3n) is 4.58. The van der Waals surface area contributed by atoms with E-state index in [1.165, 1.54) is 4.90 Å². The number of hydrogen-bond donors (Lipinski definition) is 1. The molecule has 1 aromatic carbocycles. The largest absolute Gasteiger partial charge is 0.480 e. The molecule has 6 heteroatoms. The molecule has 2 rings (SSSR count). The van der Waals surface area contributed by atoms with Crippen LogP contribution in [0, 0.1) is 13.8 Å². The molecule has 1 N–H and O–H groups in total. The van der Waals surface area contributed by atoms with Gasteiger partial charge in [0.15, 0.2) is 0 Å². The maximum atomic E-state index is 12.8. The maximum Gasteiger partial charge on any atom is 0.326 e. The third kappa shape index (κ3) is 4.26. The summed E-state index contributed by atoms with van der Waals surface area (Å²) in [7, 11) is 1.84. The second-order valence-electron chi connectivity index (χ2n) is 6.17. The van der Waals surface area contributed by atoms with Gasteiger partial charge >= 0.3 is 5.97 Å². The molecule has 1 amide bonds. The number of carboxylic acid groups (broad SMARTS) is 1. The summed E-state index contributed by atoms with van der Waals surface area (Å²) in [6.45, 7) is 5.94. The first kappa shape index (κ1) is 18.7. The van der Waals surface area contributed by atoms with E-state index in [1.54, 1.807) is 4.68 Å². The van der Waals surface area contributed by atoms with E-state index in [0.717, 1.165) is 22.5 Å². The number of amides is 1. The summed E-state index contributed by atoms with van der Waals surface area (Å²) in [6.07, 6.45) is 0.457. The van der Waals surface area contributed by atoms with Crippen LogP contribution in [0.15, 0.2) is 30.3 Å². The molecule has 0 radical (unpaired) electrons. The molecule has 0 aliphatic rings. The van der Waals surface area contributed by atoms with Crippen LogP contribution in [-0.4, -0.2) is 44.3 Å². The molecule has 0 aliphatic carbocycles. The van der Waals surface area contributed by atoms with Gasteiger partial charge in [-0.25, -0.2) is 4.79 Å². The molecular formula is C19H25N3O3. The van der Waals surface area contributed by atoms with E-state index in [0.29, 0.717) is 13.0 Å². The predicted octanol–water partition coefficient (Wildman–Crippen LogP) is 2.12. The van der Waals surface area contributed by atoms with Gasteiger partial charge in [0, 0.05) is 31.3 Å². The molecule has 0 saturated heterocycles. The Bertz CT molecular complexity index is 753. The molecule has 0 spiro atoms. The Kier molecular flexibility index (Phi) is 5.96. The first-order valence-corrected chi connectivity index (χ1v) is 8.40. The number of aromatic nitrogens is 2. The normalized spacial score (nSPS) is 12.0. The second kappa shape index (κ2) is 7.96. The number of carbonyl (C=O) groups excluding carboxylic acids is 1. The fourth-order valence-electron chi connectivity index (χ4n) is 3.06. The molecule has 6 nitrogen and oxygen atoms in total. The molecule has 1 atom stereocenters. The molecule has 1 unspecified atom stereocenters. The summed E-state index contributed by atoms with van der Waals surface area (Å²) in [5.41, 5.74) is 3.50. The summed E-state index contributed by atoms with van der Waals surface area (Å²) >= 11 is 0. The van der Waals surface area contributed by atoms with Crippen molar-refractivity contribution in [2.24, 2.45) is 7.05 Å². The molecule has 134 valence electrons. The van der Waals surface area contributed by atoms with Gasteiger partial charge in [-0.1, -0.05) is 30.3 Å². The highest BCUT2D eigenvalue weighted by Gasteiger charge is 2.29. The zero-order valence-electron chi connectivity index (χ0n) is 15.2. The topological polar surface area (TPSA) is 75.4 Å². The number of aliphatic carboxylic acids is 1. The minimum atomic E-state index is -0.987. The second-order valence-corrected chi connectivity index (χ2v) is 6.17. The van der Waals surface area contributed by atoms with Gasteiger partial charge in [0.2, 0.25) is 5.91 Å². The Morgan fingerprint density at radius 2 is 1.88 bits per heavy atom. The van der Waals surface area contributed by atoms with Crippen molar-refractivity contribution >= 4 is 11.9 Å². The van der Waals surface area contributed by atoms with Gasteiger partial charge in [0.05, 0.1) is 12.1 Å². The van der Waals surface area contributed by atoms with Crippen LogP contribution >= 0.6 is 0 Å². The van der Waals surface area contributed by atoms with Crippen LogP contribution in [-0.2, 0) is 29.5 Å². The van der Waals surface area contributed by atoms with Gasteiger partial charge < -0.3 is 10.0 Å². The fraction of sp³-hybridized carbons (Fsp3) is 0.421. The summed E-state index contributed by atoms with van der Waals surface area (Å²) in [5, 5.41) is 14.0. The molecule has 1 aromatic heterocycles. The van der Waals surface area contributed by atoms with Gasteiger partial charge in [-0.15, -0.1) is 0 Å². The average Bonchev–Trinajstić information content (AvgIpc) is 2.81. The predicted molar refractivity (Wildman–Crippen MR) is 95.3 cm³/mol. The van der Waals surface area contributed by atoms with Crippen LogP contribution in [0.1, 0.15) is 29.4 Å². The zero-order chi connectivity index (χ0) is 18.6. The Labute approximate surface area is 148 Å². The summed E-state index contributed by atoms with van der Waals surface area (Å²) in [4.78, 5) is 26.1. The monoisotopic (exact) mass is 343 g/mol. The number of rotatable bonds is 7. The molecule has 25 heavy (non-hydrogen) atoms. The molecule has 2 aromatic rings. The molecule has 0 aliphatic heterocycles. The minimum Gasteiger partial charge on any atom is -0.480 e. The van der Waals surface area contributed by atoms with Gasteiger partial charge in [-0.05, 0) is 26.3 Å². The number of benzene rings is 1. The van der Waals surface area contributed by atoms with Crippen LogP contribution in [0.25, 0.3) is 0 Å². The van der Waals surface area contributed by atoms with Crippen molar-refractivity contribution in [2.45, 2.75) is 39.7 Å². The van der Waals surface area contributed by atoms with E-state index < -0.39 is 12.0 Å². The van der Waals surface area contributed by atoms with E-state index >= 15 is 0 Å². The Hall–Kier alpha value is -2.63. The summed E-state index contributed by atoms with van der Waals surface area (Å²) in [5.74, 6) is -1.18. The van der Waals surface area contributed by atoms with E-state index in [1.807, 2.05) is 58.2 Å². The van der Waals surface area contributed by atoms with Gasteiger partial charge in [-0.2, -0.15) is 5.10 Å². The first-order valence-electron chi connectivity index (χ1n) is 8.40. The Balaban J connectivity index is 2.22.